The van der Waals surface area contributed by atoms with E-state index in [1.807, 2.05) is 85.9 Å². The van der Waals surface area contributed by atoms with Gasteiger partial charge >= 0.3 is 0 Å². The molecule has 0 bridgehead atoms. The van der Waals surface area contributed by atoms with Crippen LogP contribution in [-0.2, 0) is 14.8 Å². The van der Waals surface area contributed by atoms with Crippen molar-refractivity contribution in [3.05, 3.63) is 90.5 Å². The molecular weight excluding hydrogens is 389 g/mol. The molecule has 1 amide bonds. The molecule has 1 aliphatic carbocycles. The third-order valence-corrected chi connectivity index (χ3v) is 10.7. The molecule has 4 heteroatoms. The van der Waals surface area contributed by atoms with Crippen molar-refractivity contribution in [3.8, 4) is 0 Å². The highest BCUT2D eigenvalue weighted by atomic mass is 31.2. The number of carbonyl (C=O) groups is 1. The monoisotopic (exact) mass is 415 g/mol. The second-order valence-corrected chi connectivity index (χ2v) is 11.4. The fourth-order valence-electron chi connectivity index (χ4n) is 5.69. The van der Waals surface area contributed by atoms with Crippen LogP contribution in [0.15, 0.2) is 84.9 Å². The van der Waals surface area contributed by atoms with Crippen LogP contribution in [-0.4, -0.2) is 18.6 Å². The van der Waals surface area contributed by atoms with Gasteiger partial charge in [-0.25, -0.2) is 0 Å². The van der Waals surface area contributed by atoms with Crippen LogP contribution in [0.3, 0.4) is 0 Å². The van der Waals surface area contributed by atoms with Gasteiger partial charge in [0.05, 0.1) is 5.41 Å². The average molecular weight is 415 g/mol. The van der Waals surface area contributed by atoms with Crippen molar-refractivity contribution in [1.29, 1.82) is 0 Å². The van der Waals surface area contributed by atoms with Crippen LogP contribution in [0.1, 0.15) is 31.2 Å². The number of likely N-dealkylation sites (N-methyl/N-ethyl adjacent to an activating group) is 1. The topological polar surface area (TPSA) is 37.4 Å². The van der Waals surface area contributed by atoms with Crippen molar-refractivity contribution < 1.29 is 9.36 Å². The molecule has 3 aromatic carbocycles. The van der Waals surface area contributed by atoms with E-state index in [4.69, 9.17) is 0 Å². The summed E-state index contributed by atoms with van der Waals surface area (Å²) < 4.78 is 15.2. The zero-order valence-electron chi connectivity index (χ0n) is 17.2. The van der Waals surface area contributed by atoms with E-state index in [1.165, 1.54) is 0 Å². The summed E-state index contributed by atoms with van der Waals surface area (Å²) in [5.41, 5.74) is 1.03. The number of nitrogens with zero attached hydrogens (tertiary/aromatic N) is 1. The van der Waals surface area contributed by atoms with Crippen molar-refractivity contribution in [1.82, 2.24) is 0 Å². The van der Waals surface area contributed by atoms with Gasteiger partial charge in [-0.05, 0) is 24.5 Å². The van der Waals surface area contributed by atoms with E-state index in [0.29, 0.717) is 0 Å². The molecule has 30 heavy (non-hydrogen) atoms. The Morgan fingerprint density at radius 1 is 0.833 bits per heavy atom. The molecule has 3 aromatic rings. The highest BCUT2D eigenvalue weighted by Crippen LogP contribution is 2.63. The number of fused-ring (bicyclic) bond motifs is 2. The van der Waals surface area contributed by atoms with Crippen molar-refractivity contribution in [2.24, 2.45) is 0 Å². The first-order chi connectivity index (χ1) is 14.6. The number of hydrogen-bond acceptors (Lipinski definition) is 2. The van der Waals surface area contributed by atoms with Crippen molar-refractivity contribution in [2.45, 2.75) is 36.8 Å². The number of anilines is 1. The molecule has 3 nitrogen and oxygen atoms in total. The van der Waals surface area contributed by atoms with E-state index in [2.05, 4.69) is 6.07 Å². The fourth-order valence-corrected chi connectivity index (χ4v) is 9.48. The minimum Gasteiger partial charge on any atom is -0.314 e. The summed E-state index contributed by atoms with van der Waals surface area (Å²) in [6.45, 7) is 0. The summed E-state index contributed by atoms with van der Waals surface area (Å²) >= 11 is 0. The van der Waals surface area contributed by atoms with E-state index >= 15 is 4.57 Å². The predicted octanol–water partition coefficient (Wildman–Crippen LogP) is 4.86. The maximum Gasteiger partial charge on any atom is 0.238 e. The van der Waals surface area contributed by atoms with Gasteiger partial charge in [0.25, 0.3) is 0 Å². The first-order valence-corrected chi connectivity index (χ1v) is 12.5. The first-order valence-electron chi connectivity index (χ1n) is 10.7. The summed E-state index contributed by atoms with van der Waals surface area (Å²) in [5.74, 6) is 0.0977. The Hall–Kier alpha value is -2.64. The summed E-state index contributed by atoms with van der Waals surface area (Å²) in [4.78, 5) is 15.6. The van der Waals surface area contributed by atoms with Gasteiger partial charge in [0, 0.05) is 29.0 Å². The summed E-state index contributed by atoms with van der Waals surface area (Å²) in [6.07, 6.45) is 3.51. The summed E-state index contributed by atoms with van der Waals surface area (Å²) in [7, 11) is -1.22. The van der Waals surface area contributed by atoms with Gasteiger partial charge in [-0.15, -0.1) is 0 Å². The Balaban J connectivity index is 1.80. The van der Waals surface area contributed by atoms with Crippen LogP contribution in [0.5, 0.6) is 0 Å². The molecule has 0 saturated heterocycles. The van der Waals surface area contributed by atoms with Crippen molar-refractivity contribution in [2.75, 3.05) is 11.9 Å². The standard InChI is InChI=1S/C26H26NO2P/c1-27-23-17-9-8-16-22(23)26(25(27)28)19-11-10-18-24(26)30(29,20-12-4-2-5-13-20)21-14-6-3-7-15-21/h2-9,12-17,24H,10-11,18-19H2,1H3/t24?,26-/m0/s1. The molecule has 0 N–H and O–H groups in total. The van der Waals surface area contributed by atoms with Crippen LogP contribution in [0.2, 0.25) is 0 Å². The largest absolute Gasteiger partial charge is 0.314 e. The third-order valence-electron chi connectivity index (χ3n) is 7.02. The minimum atomic E-state index is -3.08. The van der Waals surface area contributed by atoms with Gasteiger partial charge in [-0.3, -0.25) is 4.79 Å². The van der Waals surface area contributed by atoms with Crippen LogP contribution >= 0.6 is 7.14 Å². The molecule has 0 aromatic heterocycles. The Labute approximate surface area is 178 Å². The molecule has 1 heterocycles. The Bertz CT molecular complexity index is 1080. The Kier molecular flexibility index (Phi) is 4.67. The Morgan fingerprint density at radius 2 is 1.40 bits per heavy atom. The van der Waals surface area contributed by atoms with Gasteiger partial charge in [0.15, 0.2) is 0 Å². The molecule has 2 atom stereocenters. The molecule has 1 spiro atoms. The summed E-state index contributed by atoms with van der Waals surface area (Å²) in [5, 5.41) is 1.70. The number of benzene rings is 3. The van der Waals surface area contributed by atoms with Gasteiger partial charge < -0.3 is 9.46 Å². The SMILES string of the molecule is CN1C(=O)[C@@]2(CCCCC2P(=O)(c2ccccc2)c2ccccc2)c2ccccc21. The van der Waals surface area contributed by atoms with Gasteiger partial charge in [-0.2, -0.15) is 0 Å². The van der Waals surface area contributed by atoms with Crippen LogP contribution in [0, 0.1) is 0 Å². The lowest BCUT2D eigenvalue weighted by Gasteiger charge is -2.44. The molecule has 1 saturated carbocycles. The number of amides is 1. The maximum absolute atomic E-state index is 15.2. The predicted molar refractivity (Wildman–Crippen MR) is 124 cm³/mol. The summed E-state index contributed by atoms with van der Waals surface area (Å²) in [6, 6.07) is 27.7. The van der Waals surface area contributed by atoms with Gasteiger partial charge in [-0.1, -0.05) is 91.7 Å². The number of para-hydroxylation sites is 1. The highest BCUT2D eigenvalue weighted by Gasteiger charge is 2.60. The Morgan fingerprint density at radius 3 is 2.03 bits per heavy atom. The molecule has 2 aliphatic rings. The van der Waals surface area contributed by atoms with Gasteiger partial charge in [0.1, 0.15) is 7.14 Å². The van der Waals surface area contributed by atoms with E-state index < -0.39 is 12.6 Å². The minimum absolute atomic E-state index is 0.0977. The van der Waals surface area contributed by atoms with E-state index in [0.717, 1.165) is 47.5 Å². The molecular formula is C26H26NO2P. The van der Waals surface area contributed by atoms with Crippen LogP contribution in [0.25, 0.3) is 0 Å². The number of rotatable bonds is 3. The van der Waals surface area contributed by atoms with Crippen LogP contribution < -0.4 is 15.5 Å². The normalized spacial score (nSPS) is 23.6. The smallest absolute Gasteiger partial charge is 0.238 e. The van der Waals surface area contributed by atoms with Gasteiger partial charge in [0.2, 0.25) is 5.91 Å². The van der Waals surface area contributed by atoms with Crippen molar-refractivity contribution in [3.63, 3.8) is 0 Å². The lowest BCUT2D eigenvalue weighted by Crippen LogP contribution is -2.51. The zero-order valence-corrected chi connectivity index (χ0v) is 18.1. The fraction of sp³-hybridized carbons (Fsp3) is 0.269. The second-order valence-electron chi connectivity index (χ2n) is 8.44. The second kappa shape index (κ2) is 7.25. The third kappa shape index (κ3) is 2.58. The lowest BCUT2D eigenvalue weighted by molar-refractivity contribution is -0.123. The number of carbonyl (C=O) groups excluding carboxylic acids is 1. The van der Waals surface area contributed by atoms with E-state index in [-0.39, 0.29) is 11.6 Å². The molecule has 0 radical (unpaired) electrons. The number of hydrogen-bond donors (Lipinski definition) is 0. The molecule has 152 valence electrons. The average Bonchev–Trinajstić information content (AvgIpc) is 3.03. The van der Waals surface area contributed by atoms with Crippen molar-refractivity contribution >= 4 is 29.3 Å². The van der Waals surface area contributed by atoms with E-state index in [9.17, 15) is 4.79 Å². The maximum atomic E-state index is 15.2. The molecule has 1 unspecified atom stereocenters. The molecule has 5 rings (SSSR count). The first kappa shape index (κ1) is 19.3. The molecule has 1 aliphatic heterocycles. The highest BCUT2D eigenvalue weighted by molar-refractivity contribution is 7.79. The lowest BCUT2D eigenvalue weighted by atomic mass is 9.69. The molecule has 1 fully saturated rings. The van der Waals surface area contributed by atoms with Crippen LogP contribution in [0.4, 0.5) is 5.69 Å². The van der Waals surface area contributed by atoms with E-state index in [1.54, 1.807) is 4.90 Å². The quantitative estimate of drug-likeness (QED) is 0.573. The zero-order chi connectivity index (χ0) is 20.8.